The highest BCUT2D eigenvalue weighted by atomic mass is 16.5. The molecule has 1 heterocycles. The molecular formula is C20H22N2O3. The van der Waals surface area contributed by atoms with Gasteiger partial charge in [0.05, 0.1) is 0 Å². The average molecular weight is 338 g/mol. The molecule has 1 fully saturated rings. The summed E-state index contributed by atoms with van der Waals surface area (Å²) in [5.74, 6) is 0.687. The maximum Gasteiger partial charge on any atom is 0.262 e. The molecule has 0 unspecified atom stereocenters. The van der Waals surface area contributed by atoms with Crippen LogP contribution in [0.3, 0.4) is 0 Å². The molecule has 0 saturated carbocycles. The fourth-order valence-electron chi connectivity index (χ4n) is 3.01. The SMILES string of the molecule is Cc1cccc(C)c1OCC(=O)Nc1ccc(N2CCCC2=O)cc1. The van der Waals surface area contributed by atoms with E-state index in [2.05, 4.69) is 5.32 Å². The van der Waals surface area contributed by atoms with Crippen LogP contribution in [0.25, 0.3) is 0 Å². The molecule has 2 aromatic rings. The van der Waals surface area contributed by atoms with Crippen LogP contribution in [-0.2, 0) is 9.59 Å². The van der Waals surface area contributed by atoms with Gasteiger partial charge in [-0.25, -0.2) is 0 Å². The summed E-state index contributed by atoms with van der Waals surface area (Å²) in [4.78, 5) is 25.6. The number of rotatable bonds is 5. The van der Waals surface area contributed by atoms with Crippen LogP contribution in [0.1, 0.15) is 24.0 Å². The van der Waals surface area contributed by atoms with E-state index in [0.29, 0.717) is 12.1 Å². The molecule has 1 N–H and O–H groups in total. The van der Waals surface area contributed by atoms with Crippen molar-refractivity contribution in [3.8, 4) is 5.75 Å². The molecule has 0 radical (unpaired) electrons. The summed E-state index contributed by atoms with van der Waals surface area (Å²) in [6.45, 7) is 4.63. The largest absolute Gasteiger partial charge is 0.483 e. The molecule has 0 aliphatic carbocycles. The van der Waals surface area contributed by atoms with Crippen molar-refractivity contribution in [3.63, 3.8) is 0 Å². The Balaban J connectivity index is 1.57. The molecule has 130 valence electrons. The lowest BCUT2D eigenvalue weighted by atomic mass is 10.1. The predicted molar refractivity (Wildman–Crippen MR) is 98.1 cm³/mol. The minimum Gasteiger partial charge on any atom is -0.483 e. The molecule has 1 aliphatic heterocycles. The summed E-state index contributed by atoms with van der Waals surface area (Å²) in [7, 11) is 0. The van der Waals surface area contributed by atoms with Gasteiger partial charge in [-0.1, -0.05) is 18.2 Å². The van der Waals surface area contributed by atoms with Gasteiger partial charge in [-0.2, -0.15) is 0 Å². The van der Waals surface area contributed by atoms with E-state index in [1.165, 1.54) is 0 Å². The summed E-state index contributed by atoms with van der Waals surface area (Å²) < 4.78 is 5.66. The lowest BCUT2D eigenvalue weighted by Gasteiger charge is -2.16. The predicted octanol–water partition coefficient (Wildman–Crippen LogP) is 3.45. The van der Waals surface area contributed by atoms with Gasteiger partial charge < -0.3 is 15.0 Å². The number of benzene rings is 2. The van der Waals surface area contributed by atoms with Gasteiger partial charge in [-0.05, 0) is 55.7 Å². The lowest BCUT2D eigenvalue weighted by Crippen LogP contribution is -2.23. The van der Waals surface area contributed by atoms with Crippen LogP contribution in [0.15, 0.2) is 42.5 Å². The Kier molecular flexibility index (Phi) is 5.03. The molecule has 0 atom stereocenters. The Morgan fingerprint density at radius 1 is 1.12 bits per heavy atom. The minimum atomic E-state index is -0.215. The first-order valence-corrected chi connectivity index (χ1v) is 8.44. The van der Waals surface area contributed by atoms with E-state index in [4.69, 9.17) is 4.74 Å². The Morgan fingerprint density at radius 2 is 1.80 bits per heavy atom. The molecule has 5 heteroatoms. The van der Waals surface area contributed by atoms with Crippen molar-refractivity contribution in [2.75, 3.05) is 23.4 Å². The number of carbonyl (C=O) groups excluding carboxylic acids is 2. The Labute approximate surface area is 147 Å². The highest BCUT2D eigenvalue weighted by Crippen LogP contribution is 2.24. The number of ether oxygens (including phenoxy) is 1. The number of hydrogen-bond acceptors (Lipinski definition) is 3. The van der Waals surface area contributed by atoms with E-state index in [0.717, 1.165) is 35.5 Å². The first-order chi connectivity index (χ1) is 12.0. The lowest BCUT2D eigenvalue weighted by molar-refractivity contribution is -0.118. The number of hydrogen-bond donors (Lipinski definition) is 1. The van der Waals surface area contributed by atoms with Gasteiger partial charge in [0, 0.05) is 24.3 Å². The summed E-state index contributed by atoms with van der Waals surface area (Å²) in [6.07, 6.45) is 1.50. The van der Waals surface area contributed by atoms with Crippen molar-refractivity contribution in [3.05, 3.63) is 53.6 Å². The maximum atomic E-state index is 12.1. The number of amides is 2. The smallest absolute Gasteiger partial charge is 0.262 e. The van der Waals surface area contributed by atoms with E-state index in [1.54, 1.807) is 17.0 Å². The molecule has 5 nitrogen and oxygen atoms in total. The van der Waals surface area contributed by atoms with Crippen LogP contribution >= 0.6 is 0 Å². The first kappa shape index (κ1) is 17.0. The Bertz CT molecular complexity index is 764. The van der Waals surface area contributed by atoms with E-state index in [-0.39, 0.29) is 18.4 Å². The van der Waals surface area contributed by atoms with Crippen LogP contribution < -0.4 is 15.0 Å². The van der Waals surface area contributed by atoms with E-state index in [1.807, 2.05) is 44.2 Å². The minimum absolute atomic E-state index is 0.0436. The number of nitrogens with one attached hydrogen (secondary N) is 1. The van der Waals surface area contributed by atoms with Gasteiger partial charge in [0.1, 0.15) is 5.75 Å². The zero-order chi connectivity index (χ0) is 17.8. The summed E-state index contributed by atoms with van der Waals surface area (Å²) in [6, 6.07) is 13.2. The zero-order valence-electron chi connectivity index (χ0n) is 14.5. The second kappa shape index (κ2) is 7.38. The van der Waals surface area contributed by atoms with Crippen LogP contribution in [0.5, 0.6) is 5.75 Å². The highest BCUT2D eigenvalue weighted by molar-refractivity contribution is 5.96. The summed E-state index contributed by atoms with van der Waals surface area (Å²) in [5, 5.41) is 2.81. The molecule has 2 aromatic carbocycles. The monoisotopic (exact) mass is 338 g/mol. The fraction of sp³-hybridized carbons (Fsp3) is 0.300. The van der Waals surface area contributed by atoms with Gasteiger partial charge in [-0.3, -0.25) is 9.59 Å². The maximum absolute atomic E-state index is 12.1. The quantitative estimate of drug-likeness (QED) is 0.908. The highest BCUT2D eigenvalue weighted by Gasteiger charge is 2.21. The molecule has 0 bridgehead atoms. The second-order valence-corrected chi connectivity index (χ2v) is 6.25. The van der Waals surface area contributed by atoms with Crippen molar-refractivity contribution >= 4 is 23.2 Å². The fourth-order valence-corrected chi connectivity index (χ4v) is 3.01. The Morgan fingerprint density at radius 3 is 2.40 bits per heavy atom. The normalized spacial score (nSPS) is 13.8. The van der Waals surface area contributed by atoms with Gasteiger partial charge in [0.25, 0.3) is 5.91 Å². The van der Waals surface area contributed by atoms with Crippen molar-refractivity contribution in [2.45, 2.75) is 26.7 Å². The van der Waals surface area contributed by atoms with Crippen LogP contribution in [0, 0.1) is 13.8 Å². The molecule has 0 aromatic heterocycles. The first-order valence-electron chi connectivity index (χ1n) is 8.44. The summed E-state index contributed by atoms with van der Waals surface area (Å²) >= 11 is 0. The average Bonchev–Trinajstić information content (AvgIpc) is 3.01. The van der Waals surface area contributed by atoms with E-state index >= 15 is 0 Å². The third kappa shape index (κ3) is 3.99. The number of anilines is 2. The standard InChI is InChI=1S/C20H22N2O3/c1-14-5-3-6-15(2)20(14)25-13-18(23)21-16-8-10-17(11-9-16)22-12-4-7-19(22)24/h3,5-6,8-11H,4,7,12-13H2,1-2H3,(H,21,23). The van der Waals surface area contributed by atoms with E-state index in [9.17, 15) is 9.59 Å². The van der Waals surface area contributed by atoms with Gasteiger partial charge in [0.2, 0.25) is 5.91 Å². The molecule has 1 aliphatic rings. The third-order valence-electron chi connectivity index (χ3n) is 4.29. The molecular weight excluding hydrogens is 316 g/mol. The topological polar surface area (TPSA) is 58.6 Å². The second-order valence-electron chi connectivity index (χ2n) is 6.25. The van der Waals surface area contributed by atoms with Gasteiger partial charge >= 0.3 is 0 Å². The molecule has 1 saturated heterocycles. The van der Waals surface area contributed by atoms with E-state index < -0.39 is 0 Å². The van der Waals surface area contributed by atoms with Crippen LogP contribution in [-0.4, -0.2) is 25.0 Å². The van der Waals surface area contributed by atoms with Gasteiger partial charge in [0.15, 0.2) is 6.61 Å². The van der Waals surface area contributed by atoms with Crippen molar-refractivity contribution < 1.29 is 14.3 Å². The van der Waals surface area contributed by atoms with Crippen molar-refractivity contribution in [2.24, 2.45) is 0 Å². The molecule has 0 spiro atoms. The zero-order valence-corrected chi connectivity index (χ0v) is 14.5. The molecule has 25 heavy (non-hydrogen) atoms. The van der Waals surface area contributed by atoms with Crippen molar-refractivity contribution in [1.82, 2.24) is 0 Å². The number of nitrogens with zero attached hydrogens (tertiary/aromatic N) is 1. The summed E-state index contributed by atoms with van der Waals surface area (Å²) in [5.41, 5.74) is 3.57. The van der Waals surface area contributed by atoms with Crippen LogP contribution in [0.4, 0.5) is 11.4 Å². The van der Waals surface area contributed by atoms with Crippen molar-refractivity contribution in [1.29, 1.82) is 0 Å². The number of aryl methyl sites for hydroxylation is 2. The Hall–Kier alpha value is -2.82. The third-order valence-corrected chi connectivity index (χ3v) is 4.29. The number of para-hydroxylation sites is 1. The van der Waals surface area contributed by atoms with Gasteiger partial charge in [-0.15, -0.1) is 0 Å². The van der Waals surface area contributed by atoms with Crippen LogP contribution in [0.2, 0.25) is 0 Å². The number of carbonyl (C=O) groups is 2. The molecule has 2 amide bonds. The molecule has 3 rings (SSSR count).